The number of piperazine rings is 1. The summed E-state index contributed by atoms with van der Waals surface area (Å²) in [7, 11) is 0. The fourth-order valence-electron chi connectivity index (χ4n) is 3.22. The van der Waals surface area contributed by atoms with E-state index < -0.39 is 0 Å². The average molecular weight is 238 g/mol. The first kappa shape index (κ1) is 13.4. The predicted octanol–water partition coefficient (Wildman–Crippen LogP) is 2.89. The van der Waals surface area contributed by atoms with Crippen molar-refractivity contribution in [2.75, 3.05) is 19.6 Å². The lowest BCUT2D eigenvalue weighted by Gasteiger charge is -2.53. The Kier molecular flexibility index (Phi) is 3.57. The summed E-state index contributed by atoms with van der Waals surface area (Å²) >= 11 is 0. The normalized spacial score (nSPS) is 39.9. The van der Waals surface area contributed by atoms with Crippen LogP contribution in [0.25, 0.3) is 0 Å². The van der Waals surface area contributed by atoms with Crippen LogP contribution in [-0.2, 0) is 0 Å². The molecule has 0 amide bonds. The van der Waals surface area contributed by atoms with E-state index in [1.807, 2.05) is 0 Å². The molecule has 100 valence electrons. The highest BCUT2D eigenvalue weighted by Crippen LogP contribution is 2.43. The minimum absolute atomic E-state index is 0.360. The summed E-state index contributed by atoms with van der Waals surface area (Å²) in [5.74, 6) is 1.70. The van der Waals surface area contributed by atoms with E-state index in [2.05, 4.69) is 44.8 Å². The maximum atomic E-state index is 3.86. The van der Waals surface area contributed by atoms with Crippen LogP contribution < -0.4 is 5.32 Å². The number of hydrogen-bond acceptors (Lipinski definition) is 2. The van der Waals surface area contributed by atoms with Gasteiger partial charge in [-0.3, -0.25) is 4.90 Å². The first-order valence-electron chi connectivity index (χ1n) is 7.40. The molecule has 2 heteroatoms. The molecule has 0 aromatic carbocycles. The molecule has 0 aromatic heterocycles. The Balaban J connectivity index is 2.09. The average Bonchev–Trinajstić information content (AvgIpc) is 3.07. The number of nitrogens with zero attached hydrogens (tertiary/aromatic N) is 1. The number of rotatable bonds is 4. The smallest absolute Gasteiger partial charge is 0.0309 e. The zero-order valence-electron chi connectivity index (χ0n) is 12.3. The molecule has 1 heterocycles. The van der Waals surface area contributed by atoms with E-state index in [1.54, 1.807) is 0 Å². The summed E-state index contributed by atoms with van der Waals surface area (Å²) in [5.41, 5.74) is 0.738. The van der Waals surface area contributed by atoms with Crippen LogP contribution >= 0.6 is 0 Å². The van der Waals surface area contributed by atoms with Gasteiger partial charge in [0.15, 0.2) is 0 Å². The highest BCUT2D eigenvalue weighted by Gasteiger charge is 2.48. The summed E-state index contributed by atoms with van der Waals surface area (Å²) in [6.07, 6.45) is 4.11. The van der Waals surface area contributed by atoms with Crippen molar-refractivity contribution >= 4 is 0 Å². The van der Waals surface area contributed by atoms with Gasteiger partial charge in [-0.1, -0.05) is 20.8 Å². The Morgan fingerprint density at radius 2 is 1.94 bits per heavy atom. The second-order valence-electron chi connectivity index (χ2n) is 7.17. The van der Waals surface area contributed by atoms with Crippen LogP contribution in [-0.4, -0.2) is 35.6 Å². The molecule has 1 saturated carbocycles. The number of hydrogen-bond donors (Lipinski definition) is 1. The lowest BCUT2D eigenvalue weighted by atomic mass is 9.84. The standard InChI is InChI=1S/C15H30N2/c1-6-14(4)10-16-15(5,13-7-8-13)11-17(14)9-12(2)3/h12-13,16H,6-11H2,1-5H3. The quantitative estimate of drug-likeness (QED) is 0.810. The summed E-state index contributed by atoms with van der Waals surface area (Å²) in [6.45, 7) is 15.5. The van der Waals surface area contributed by atoms with Crippen molar-refractivity contribution in [2.24, 2.45) is 11.8 Å². The molecule has 0 spiro atoms. The third-order valence-electron chi connectivity index (χ3n) is 4.98. The van der Waals surface area contributed by atoms with E-state index >= 15 is 0 Å². The fraction of sp³-hybridized carbons (Fsp3) is 1.00. The highest BCUT2D eigenvalue weighted by atomic mass is 15.3. The molecule has 2 aliphatic rings. The Morgan fingerprint density at radius 1 is 1.29 bits per heavy atom. The molecule has 1 saturated heterocycles. The SMILES string of the molecule is CCC1(C)CNC(C)(C2CC2)CN1CC(C)C. The van der Waals surface area contributed by atoms with Crippen LogP contribution in [0, 0.1) is 11.8 Å². The number of nitrogens with one attached hydrogen (secondary N) is 1. The Labute approximate surface area is 107 Å². The van der Waals surface area contributed by atoms with E-state index in [0.717, 1.165) is 18.4 Å². The highest BCUT2D eigenvalue weighted by molar-refractivity contribution is 5.07. The maximum Gasteiger partial charge on any atom is 0.0309 e. The van der Waals surface area contributed by atoms with Gasteiger partial charge in [-0.25, -0.2) is 0 Å². The van der Waals surface area contributed by atoms with E-state index in [0.29, 0.717) is 11.1 Å². The fourth-order valence-corrected chi connectivity index (χ4v) is 3.22. The van der Waals surface area contributed by atoms with Crippen molar-refractivity contribution in [3.05, 3.63) is 0 Å². The molecule has 0 bridgehead atoms. The van der Waals surface area contributed by atoms with Crippen molar-refractivity contribution in [3.63, 3.8) is 0 Å². The molecule has 1 aliphatic carbocycles. The van der Waals surface area contributed by atoms with Crippen LogP contribution in [0.15, 0.2) is 0 Å². The lowest BCUT2D eigenvalue weighted by Crippen LogP contribution is -2.69. The van der Waals surface area contributed by atoms with Crippen molar-refractivity contribution in [3.8, 4) is 0 Å². The van der Waals surface area contributed by atoms with Gasteiger partial charge < -0.3 is 5.32 Å². The lowest BCUT2D eigenvalue weighted by molar-refractivity contribution is 0.00282. The van der Waals surface area contributed by atoms with Crippen LogP contribution in [0.1, 0.15) is 53.9 Å². The topological polar surface area (TPSA) is 15.3 Å². The van der Waals surface area contributed by atoms with Crippen molar-refractivity contribution in [1.29, 1.82) is 0 Å². The molecule has 2 nitrogen and oxygen atoms in total. The molecule has 2 fully saturated rings. The second-order valence-corrected chi connectivity index (χ2v) is 7.17. The molecule has 0 radical (unpaired) electrons. The maximum absolute atomic E-state index is 3.86. The van der Waals surface area contributed by atoms with Crippen molar-refractivity contribution in [2.45, 2.75) is 65.0 Å². The molecular formula is C15H30N2. The van der Waals surface area contributed by atoms with E-state index in [1.165, 1.54) is 32.4 Å². The van der Waals surface area contributed by atoms with E-state index in [9.17, 15) is 0 Å². The Bertz CT molecular complexity index is 272. The van der Waals surface area contributed by atoms with E-state index in [4.69, 9.17) is 0 Å². The van der Waals surface area contributed by atoms with Gasteiger partial charge in [0.25, 0.3) is 0 Å². The molecular weight excluding hydrogens is 208 g/mol. The first-order valence-corrected chi connectivity index (χ1v) is 7.40. The van der Waals surface area contributed by atoms with Crippen LogP contribution in [0.2, 0.25) is 0 Å². The Hall–Kier alpha value is -0.0800. The molecule has 1 aliphatic heterocycles. The third-order valence-corrected chi connectivity index (χ3v) is 4.98. The van der Waals surface area contributed by atoms with Crippen molar-refractivity contribution in [1.82, 2.24) is 10.2 Å². The third kappa shape index (κ3) is 2.68. The summed E-state index contributed by atoms with van der Waals surface area (Å²) < 4.78 is 0. The Morgan fingerprint density at radius 3 is 2.41 bits per heavy atom. The molecule has 2 unspecified atom stereocenters. The van der Waals surface area contributed by atoms with Crippen LogP contribution in [0.5, 0.6) is 0 Å². The molecule has 1 N–H and O–H groups in total. The van der Waals surface area contributed by atoms with E-state index in [-0.39, 0.29) is 0 Å². The monoisotopic (exact) mass is 238 g/mol. The zero-order chi connectivity index (χ0) is 12.7. The molecule has 2 rings (SSSR count). The predicted molar refractivity (Wildman–Crippen MR) is 74.2 cm³/mol. The summed E-state index contributed by atoms with van der Waals surface area (Å²) in [5, 5.41) is 3.86. The van der Waals surface area contributed by atoms with Gasteiger partial charge in [-0.15, -0.1) is 0 Å². The molecule has 2 atom stereocenters. The minimum atomic E-state index is 0.360. The summed E-state index contributed by atoms with van der Waals surface area (Å²) in [6, 6.07) is 0. The van der Waals surface area contributed by atoms with Gasteiger partial charge in [0.05, 0.1) is 0 Å². The summed E-state index contributed by atoms with van der Waals surface area (Å²) in [4.78, 5) is 2.76. The first-order chi connectivity index (χ1) is 7.89. The second kappa shape index (κ2) is 4.55. The van der Waals surface area contributed by atoms with Crippen LogP contribution in [0.4, 0.5) is 0 Å². The van der Waals surface area contributed by atoms with Gasteiger partial charge in [-0.2, -0.15) is 0 Å². The minimum Gasteiger partial charge on any atom is -0.308 e. The van der Waals surface area contributed by atoms with Gasteiger partial charge >= 0.3 is 0 Å². The largest absolute Gasteiger partial charge is 0.308 e. The van der Waals surface area contributed by atoms with Crippen molar-refractivity contribution < 1.29 is 0 Å². The van der Waals surface area contributed by atoms with Crippen LogP contribution in [0.3, 0.4) is 0 Å². The van der Waals surface area contributed by atoms with Gasteiger partial charge in [-0.05, 0) is 44.9 Å². The zero-order valence-corrected chi connectivity index (χ0v) is 12.3. The molecule has 17 heavy (non-hydrogen) atoms. The molecule has 0 aromatic rings. The van der Waals surface area contributed by atoms with Gasteiger partial charge in [0.1, 0.15) is 0 Å². The van der Waals surface area contributed by atoms with Gasteiger partial charge in [0.2, 0.25) is 0 Å². The van der Waals surface area contributed by atoms with Gasteiger partial charge in [0, 0.05) is 30.7 Å².